The molecule has 1 saturated heterocycles. The lowest BCUT2D eigenvalue weighted by Gasteiger charge is -2.31. The van der Waals surface area contributed by atoms with Gasteiger partial charge in [0.25, 0.3) is 0 Å². The fourth-order valence-corrected chi connectivity index (χ4v) is 3.90. The third kappa shape index (κ3) is 6.00. The molecule has 1 aromatic carbocycles. The van der Waals surface area contributed by atoms with Gasteiger partial charge < -0.3 is 14.7 Å². The Hall–Kier alpha value is -3.62. The molecule has 3 heterocycles. The Morgan fingerprint density at radius 2 is 1.94 bits per heavy atom. The van der Waals surface area contributed by atoms with Crippen molar-refractivity contribution < 1.29 is 18.5 Å². The number of piperidine rings is 1. The van der Waals surface area contributed by atoms with E-state index in [4.69, 9.17) is 4.52 Å². The van der Waals surface area contributed by atoms with Crippen molar-refractivity contribution in [3.8, 4) is 11.4 Å². The van der Waals surface area contributed by atoms with E-state index in [-0.39, 0.29) is 30.0 Å². The average molecular weight is 452 g/mol. The summed E-state index contributed by atoms with van der Waals surface area (Å²) in [6.45, 7) is 1.47. The number of aryl methyl sites for hydroxylation is 1. The topological polar surface area (TPSA) is 101 Å². The van der Waals surface area contributed by atoms with Crippen LogP contribution in [-0.2, 0) is 22.4 Å². The molecule has 0 radical (unpaired) electrons. The summed E-state index contributed by atoms with van der Waals surface area (Å²) in [5, 5.41) is 6.83. The maximum Gasteiger partial charge on any atom is 0.227 e. The van der Waals surface area contributed by atoms with Crippen LogP contribution in [0.15, 0.2) is 53.3 Å². The second-order valence-corrected chi connectivity index (χ2v) is 8.04. The van der Waals surface area contributed by atoms with E-state index >= 15 is 0 Å². The van der Waals surface area contributed by atoms with E-state index in [2.05, 4.69) is 20.4 Å². The van der Waals surface area contributed by atoms with E-state index in [0.717, 1.165) is 5.56 Å². The monoisotopic (exact) mass is 451 g/mol. The number of nitrogens with one attached hydrogen (secondary N) is 1. The largest absolute Gasteiger partial charge is 0.356 e. The number of rotatable bonds is 8. The van der Waals surface area contributed by atoms with Crippen molar-refractivity contribution >= 4 is 11.8 Å². The van der Waals surface area contributed by atoms with E-state index in [1.165, 1.54) is 6.07 Å². The first-order valence-electron chi connectivity index (χ1n) is 11.1. The first-order valence-corrected chi connectivity index (χ1v) is 11.1. The molecule has 2 aromatic heterocycles. The molecule has 0 saturated carbocycles. The van der Waals surface area contributed by atoms with Crippen LogP contribution >= 0.6 is 0 Å². The molecule has 1 aliphatic rings. The minimum Gasteiger partial charge on any atom is -0.356 e. The lowest BCUT2D eigenvalue weighted by atomic mass is 9.95. The fourth-order valence-electron chi connectivity index (χ4n) is 3.90. The van der Waals surface area contributed by atoms with E-state index in [1.807, 2.05) is 6.07 Å². The van der Waals surface area contributed by atoms with Crippen LogP contribution in [-0.4, -0.2) is 51.5 Å². The van der Waals surface area contributed by atoms with E-state index in [0.29, 0.717) is 62.6 Å². The molecule has 33 heavy (non-hydrogen) atoms. The number of hydrogen-bond acceptors (Lipinski definition) is 6. The number of benzene rings is 1. The quantitative estimate of drug-likeness (QED) is 0.565. The summed E-state index contributed by atoms with van der Waals surface area (Å²) in [6, 6.07) is 10.2. The molecule has 9 heteroatoms. The number of pyridine rings is 1. The summed E-state index contributed by atoms with van der Waals surface area (Å²) >= 11 is 0. The third-order valence-corrected chi connectivity index (χ3v) is 5.81. The normalized spacial score (nSPS) is 14.3. The third-order valence-electron chi connectivity index (χ3n) is 5.81. The highest BCUT2D eigenvalue weighted by Crippen LogP contribution is 2.19. The van der Waals surface area contributed by atoms with Crippen molar-refractivity contribution in [3.63, 3.8) is 0 Å². The SMILES string of the molecule is O=C(NCCc1ccccc1F)C1CCN(C(=O)CCc2nc(-c3cccnc3)no2)CC1. The number of aromatic nitrogens is 3. The van der Waals surface area contributed by atoms with Crippen molar-refractivity contribution in [2.24, 2.45) is 5.92 Å². The Balaban J connectivity index is 1.17. The van der Waals surface area contributed by atoms with Gasteiger partial charge in [0.1, 0.15) is 5.82 Å². The Kier molecular flexibility index (Phi) is 7.39. The van der Waals surface area contributed by atoms with Gasteiger partial charge in [-0.25, -0.2) is 4.39 Å². The number of halogens is 1. The molecule has 3 aromatic rings. The maximum absolute atomic E-state index is 13.7. The standard InChI is InChI=1S/C24H26FN5O3/c25-20-6-2-1-4-17(20)9-13-27-24(32)18-10-14-30(15-11-18)22(31)8-7-21-28-23(29-33-21)19-5-3-12-26-16-19/h1-6,12,16,18H,7-11,13-15H2,(H,27,32). The number of nitrogens with zero attached hydrogens (tertiary/aromatic N) is 4. The fraction of sp³-hybridized carbons (Fsp3) is 0.375. The highest BCUT2D eigenvalue weighted by atomic mass is 19.1. The van der Waals surface area contributed by atoms with Crippen LogP contribution in [0.25, 0.3) is 11.4 Å². The lowest BCUT2D eigenvalue weighted by molar-refractivity contribution is -0.135. The summed E-state index contributed by atoms with van der Waals surface area (Å²) < 4.78 is 18.9. The zero-order valence-corrected chi connectivity index (χ0v) is 18.2. The van der Waals surface area contributed by atoms with E-state index < -0.39 is 0 Å². The molecule has 0 bridgehead atoms. The van der Waals surface area contributed by atoms with Gasteiger partial charge in [0.2, 0.25) is 23.5 Å². The molecule has 0 unspecified atom stereocenters. The van der Waals surface area contributed by atoms with Crippen LogP contribution in [0.1, 0.15) is 30.7 Å². The van der Waals surface area contributed by atoms with Gasteiger partial charge in [0.05, 0.1) is 0 Å². The van der Waals surface area contributed by atoms with Crippen LogP contribution in [0.3, 0.4) is 0 Å². The number of likely N-dealkylation sites (tertiary alicyclic amines) is 1. The second-order valence-electron chi connectivity index (χ2n) is 8.04. The molecule has 0 aliphatic carbocycles. The van der Waals surface area contributed by atoms with Crippen molar-refractivity contribution in [2.45, 2.75) is 32.1 Å². The molecular weight excluding hydrogens is 425 g/mol. The van der Waals surface area contributed by atoms with Crippen LogP contribution in [0.5, 0.6) is 0 Å². The molecule has 2 amide bonds. The van der Waals surface area contributed by atoms with Gasteiger partial charge in [-0.05, 0) is 43.0 Å². The van der Waals surface area contributed by atoms with Crippen LogP contribution < -0.4 is 5.32 Å². The summed E-state index contributed by atoms with van der Waals surface area (Å²) in [5.41, 5.74) is 1.35. The molecular formula is C24H26FN5O3. The maximum atomic E-state index is 13.7. The summed E-state index contributed by atoms with van der Waals surface area (Å²) in [6.07, 6.45) is 5.64. The summed E-state index contributed by atoms with van der Waals surface area (Å²) in [7, 11) is 0. The van der Waals surface area contributed by atoms with E-state index in [9.17, 15) is 14.0 Å². The van der Waals surface area contributed by atoms with Crippen molar-refractivity contribution in [1.82, 2.24) is 25.3 Å². The van der Waals surface area contributed by atoms with Gasteiger partial charge >= 0.3 is 0 Å². The molecule has 1 aliphatic heterocycles. The van der Waals surface area contributed by atoms with Gasteiger partial charge in [-0.2, -0.15) is 4.98 Å². The molecule has 1 fully saturated rings. The van der Waals surface area contributed by atoms with Gasteiger partial charge in [-0.15, -0.1) is 0 Å². The molecule has 0 atom stereocenters. The first-order chi connectivity index (χ1) is 16.1. The Bertz CT molecular complexity index is 1080. The highest BCUT2D eigenvalue weighted by molar-refractivity contribution is 5.80. The van der Waals surface area contributed by atoms with Crippen molar-refractivity contribution in [2.75, 3.05) is 19.6 Å². The smallest absolute Gasteiger partial charge is 0.227 e. The summed E-state index contributed by atoms with van der Waals surface area (Å²) in [5.74, 6) is 0.445. The Labute approximate surface area is 191 Å². The lowest BCUT2D eigenvalue weighted by Crippen LogP contribution is -2.43. The van der Waals surface area contributed by atoms with Crippen LogP contribution in [0, 0.1) is 11.7 Å². The zero-order chi connectivity index (χ0) is 23.0. The summed E-state index contributed by atoms with van der Waals surface area (Å²) in [4.78, 5) is 35.1. The average Bonchev–Trinajstić information content (AvgIpc) is 3.33. The molecule has 0 spiro atoms. The van der Waals surface area contributed by atoms with Crippen molar-refractivity contribution in [1.29, 1.82) is 0 Å². The minimum atomic E-state index is -0.257. The molecule has 8 nitrogen and oxygen atoms in total. The van der Waals surface area contributed by atoms with Crippen LogP contribution in [0.4, 0.5) is 4.39 Å². The number of carbonyl (C=O) groups is 2. The first kappa shape index (κ1) is 22.6. The second kappa shape index (κ2) is 10.8. The highest BCUT2D eigenvalue weighted by Gasteiger charge is 2.27. The Morgan fingerprint density at radius 3 is 2.70 bits per heavy atom. The van der Waals surface area contributed by atoms with E-state index in [1.54, 1.807) is 41.6 Å². The number of carbonyl (C=O) groups excluding carboxylic acids is 2. The number of hydrogen-bond donors (Lipinski definition) is 1. The predicted molar refractivity (Wildman–Crippen MR) is 118 cm³/mol. The van der Waals surface area contributed by atoms with Gasteiger partial charge in [0.15, 0.2) is 0 Å². The zero-order valence-electron chi connectivity index (χ0n) is 18.2. The predicted octanol–water partition coefficient (Wildman–Crippen LogP) is 2.80. The van der Waals surface area contributed by atoms with Gasteiger partial charge in [0, 0.05) is 56.4 Å². The van der Waals surface area contributed by atoms with Crippen molar-refractivity contribution in [3.05, 3.63) is 66.1 Å². The Morgan fingerprint density at radius 1 is 1.12 bits per heavy atom. The van der Waals surface area contributed by atoms with Gasteiger partial charge in [-0.1, -0.05) is 23.4 Å². The van der Waals surface area contributed by atoms with Gasteiger partial charge in [-0.3, -0.25) is 14.6 Å². The molecule has 1 N–H and O–H groups in total. The van der Waals surface area contributed by atoms with Crippen LogP contribution in [0.2, 0.25) is 0 Å². The molecule has 4 rings (SSSR count). The molecule has 172 valence electrons. The minimum absolute atomic E-state index is 0.00883. The number of amides is 2.